The monoisotopic (exact) mass is 517 g/mol. The Balaban J connectivity index is 1.24. The molecule has 5 rings (SSSR count). The molecule has 0 spiro atoms. The zero-order valence-corrected chi connectivity index (χ0v) is 23.5. The molecular weight excluding hydrogens is 470 g/mol. The third kappa shape index (κ3) is 6.10. The summed E-state index contributed by atoms with van der Waals surface area (Å²) in [6.07, 6.45) is 9.86. The summed E-state index contributed by atoms with van der Waals surface area (Å²) in [7, 11) is 0. The molecular formula is C33H47N3O2. The first-order valence-corrected chi connectivity index (χ1v) is 15.1. The Bertz CT molecular complexity index is 1090. The van der Waals surface area contributed by atoms with Crippen molar-refractivity contribution in [2.45, 2.75) is 95.7 Å². The van der Waals surface area contributed by atoms with Crippen LogP contribution in [-0.4, -0.2) is 59.1 Å². The van der Waals surface area contributed by atoms with E-state index in [1.807, 2.05) is 12.1 Å². The number of phenolic OH excluding ortho intramolecular Hbond substituents is 1. The van der Waals surface area contributed by atoms with E-state index in [4.69, 9.17) is 0 Å². The van der Waals surface area contributed by atoms with Gasteiger partial charge in [0.2, 0.25) is 5.91 Å². The van der Waals surface area contributed by atoms with Crippen molar-refractivity contribution >= 4 is 5.91 Å². The first-order valence-electron chi connectivity index (χ1n) is 15.1. The van der Waals surface area contributed by atoms with Crippen LogP contribution in [0.3, 0.4) is 0 Å². The van der Waals surface area contributed by atoms with Crippen molar-refractivity contribution in [2.75, 3.05) is 26.2 Å². The van der Waals surface area contributed by atoms with Crippen molar-refractivity contribution in [1.82, 2.24) is 15.1 Å². The van der Waals surface area contributed by atoms with Crippen molar-refractivity contribution in [3.63, 3.8) is 0 Å². The van der Waals surface area contributed by atoms with Gasteiger partial charge in [0.15, 0.2) is 0 Å². The van der Waals surface area contributed by atoms with Crippen LogP contribution in [0.2, 0.25) is 0 Å². The number of rotatable bonds is 10. The molecule has 206 valence electrons. The van der Waals surface area contributed by atoms with Gasteiger partial charge in [-0.05, 0) is 73.4 Å². The highest BCUT2D eigenvalue weighted by Gasteiger charge is 2.51. The summed E-state index contributed by atoms with van der Waals surface area (Å²) in [4.78, 5) is 18.4. The first kappa shape index (κ1) is 27.2. The van der Waals surface area contributed by atoms with Crippen LogP contribution >= 0.6 is 0 Å². The van der Waals surface area contributed by atoms with E-state index in [0.717, 1.165) is 58.4 Å². The summed E-state index contributed by atoms with van der Waals surface area (Å²) < 4.78 is 0. The van der Waals surface area contributed by atoms with Crippen molar-refractivity contribution in [1.29, 1.82) is 0 Å². The number of piperidine rings is 1. The molecule has 4 atom stereocenters. The van der Waals surface area contributed by atoms with Crippen LogP contribution in [0.4, 0.5) is 0 Å². The molecule has 1 saturated heterocycles. The van der Waals surface area contributed by atoms with Crippen LogP contribution in [0.25, 0.3) is 0 Å². The molecule has 3 aliphatic rings. The fourth-order valence-corrected chi connectivity index (χ4v) is 7.56. The van der Waals surface area contributed by atoms with E-state index in [2.05, 4.69) is 59.3 Å². The number of benzene rings is 2. The summed E-state index contributed by atoms with van der Waals surface area (Å²) >= 11 is 0. The van der Waals surface area contributed by atoms with Gasteiger partial charge in [-0.25, -0.2) is 0 Å². The minimum Gasteiger partial charge on any atom is -0.508 e. The Labute approximate surface area is 229 Å². The number of aromatic hydroxyl groups is 1. The van der Waals surface area contributed by atoms with Crippen molar-refractivity contribution < 1.29 is 9.90 Å². The average molecular weight is 518 g/mol. The molecule has 2 aliphatic heterocycles. The van der Waals surface area contributed by atoms with Crippen LogP contribution in [0.5, 0.6) is 5.75 Å². The molecule has 2 fully saturated rings. The molecule has 0 radical (unpaired) electrons. The van der Waals surface area contributed by atoms with Gasteiger partial charge in [-0.1, -0.05) is 69.5 Å². The zero-order chi connectivity index (χ0) is 26.5. The number of nitrogens with zero attached hydrogens (tertiary/aromatic N) is 2. The molecule has 5 heteroatoms. The SMILES string of the molecule is CCCCCCN1CC(C)C2(c3cccc(O)c3)CC1C[C@H](NC(=O)CCN1CCc3ccccc3C1)C2. The number of hydrogen-bond donors (Lipinski definition) is 2. The number of fused-ring (bicyclic) bond motifs is 3. The molecule has 2 heterocycles. The molecule has 2 N–H and O–H groups in total. The molecule has 2 bridgehead atoms. The van der Waals surface area contributed by atoms with E-state index in [1.165, 1.54) is 42.4 Å². The summed E-state index contributed by atoms with van der Waals surface area (Å²) in [5.41, 5.74) is 4.09. The summed E-state index contributed by atoms with van der Waals surface area (Å²) in [5, 5.41) is 13.8. The lowest BCUT2D eigenvalue weighted by Crippen LogP contribution is -2.61. The molecule has 1 aliphatic carbocycles. The second kappa shape index (κ2) is 12.2. The minimum atomic E-state index is -0.00387. The van der Waals surface area contributed by atoms with E-state index >= 15 is 0 Å². The number of amides is 1. The number of unbranched alkanes of at least 4 members (excludes halogenated alkanes) is 3. The Kier molecular flexibility index (Phi) is 8.74. The Morgan fingerprint density at radius 3 is 2.71 bits per heavy atom. The van der Waals surface area contributed by atoms with E-state index in [1.54, 1.807) is 6.07 Å². The predicted octanol–water partition coefficient (Wildman–Crippen LogP) is 5.65. The van der Waals surface area contributed by atoms with Gasteiger partial charge in [0.05, 0.1) is 0 Å². The molecule has 1 amide bonds. The zero-order valence-electron chi connectivity index (χ0n) is 23.5. The number of likely N-dealkylation sites (tertiary alicyclic amines) is 1. The molecule has 5 nitrogen and oxygen atoms in total. The second-order valence-electron chi connectivity index (χ2n) is 12.3. The standard InChI is InChI=1S/C33H47N3O2/c1-3-4-5-8-16-36-23-25(2)33(28-12-9-13-31(37)19-28)21-29(20-30(36)22-33)34-32(38)15-18-35-17-14-26-10-6-7-11-27(26)24-35/h6-7,9-13,19,25,29-30,37H,3-5,8,14-18,20-24H2,1-2H3,(H,34,38)/t25?,29-,30?,33?/m0/s1. The number of carbonyl (C=O) groups is 1. The quantitative estimate of drug-likeness (QED) is 0.400. The van der Waals surface area contributed by atoms with Crippen LogP contribution in [0.15, 0.2) is 48.5 Å². The maximum atomic E-state index is 13.2. The fraction of sp³-hybridized carbons (Fsp3) is 0.606. The Hall–Kier alpha value is -2.37. The number of nitrogens with one attached hydrogen (secondary N) is 1. The minimum absolute atomic E-state index is 0.00387. The number of carbonyl (C=O) groups excluding carboxylic acids is 1. The van der Waals surface area contributed by atoms with Gasteiger partial charge in [-0.2, -0.15) is 0 Å². The molecule has 3 unspecified atom stereocenters. The highest BCUT2D eigenvalue weighted by atomic mass is 16.3. The van der Waals surface area contributed by atoms with Gasteiger partial charge in [0, 0.05) is 50.1 Å². The Morgan fingerprint density at radius 1 is 1.05 bits per heavy atom. The van der Waals surface area contributed by atoms with E-state index in [0.29, 0.717) is 24.1 Å². The maximum absolute atomic E-state index is 13.2. The lowest BCUT2D eigenvalue weighted by atomic mass is 9.57. The largest absolute Gasteiger partial charge is 0.508 e. The first-order chi connectivity index (χ1) is 18.5. The summed E-state index contributed by atoms with van der Waals surface area (Å²) in [6.45, 7) is 9.70. The van der Waals surface area contributed by atoms with Crippen LogP contribution in [0, 0.1) is 5.92 Å². The van der Waals surface area contributed by atoms with Crippen molar-refractivity contribution in [2.24, 2.45) is 5.92 Å². The molecule has 2 aromatic rings. The predicted molar refractivity (Wildman–Crippen MR) is 154 cm³/mol. The smallest absolute Gasteiger partial charge is 0.221 e. The van der Waals surface area contributed by atoms with E-state index in [-0.39, 0.29) is 17.4 Å². The normalized spacial score (nSPS) is 27.6. The van der Waals surface area contributed by atoms with Gasteiger partial charge in [0.1, 0.15) is 5.75 Å². The third-order valence-corrected chi connectivity index (χ3v) is 9.69. The topological polar surface area (TPSA) is 55.8 Å². The maximum Gasteiger partial charge on any atom is 0.221 e. The lowest BCUT2D eigenvalue weighted by molar-refractivity contribution is -0.123. The molecule has 1 saturated carbocycles. The number of phenols is 1. The van der Waals surface area contributed by atoms with Gasteiger partial charge < -0.3 is 10.4 Å². The van der Waals surface area contributed by atoms with Gasteiger partial charge in [-0.15, -0.1) is 0 Å². The molecule has 2 aromatic carbocycles. The van der Waals surface area contributed by atoms with Gasteiger partial charge >= 0.3 is 0 Å². The highest BCUT2D eigenvalue weighted by Crippen LogP contribution is 2.50. The van der Waals surface area contributed by atoms with Crippen molar-refractivity contribution in [3.05, 3.63) is 65.2 Å². The van der Waals surface area contributed by atoms with Gasteiger partial charge in [0.25, 0.3) is 0 Å². The third-order valence-electron chi connectivity index (χ3n) is 9.69. The van der Waals surface area contributed by atoms with Crippen molar-refractivity contribution in [3.8, 4) is 5.75 Å². The van der Waals surface area contributed by atoms with Gasteiger partial charge in [-0.3, -0.25) is 14.6 Å². The number of hydrogen-bond acceptors (Lipinski definition) is 4. The average Bonchev–Trinajstić information content (AvgIpc) is 2.92. The summed E-state index contributed by atoms with van der Waals surface area (Å²) in [5.74, 6) is 0.999. The molecule has 0 aromatic heterocycles. The summed E-state index contributed by atoms with van der Waals surface area (Å²) in [6, 6.07) is 17.3. The lowest BCUT2D eigenvalue weighted by Gasteiger charge is -2.56. The second-order valence-corrected chi connectivity index (χ2v) is 12.3. The molecule has 38 heavy (non-hydrogen) atoms. The fourth-order valence-electron chi connectivity index (χ4n) is 7.56. The van der Waals surface area contributed by atoms with Crippen LogP contribution < -0.4 is 5.32 Å². The Morgan fingerprint density at radius 2 is 1.89 bits per heavy atom. The highest BCUT2D eigenvalue weighted by molar-refractivity contribution is 5.76. The van der Waals surface area contributed by atoms with Crippen LogP contribution in [0.1, 0.15) is 81.9 Å². The van der Waals surface area contributed by atoms with E-state index < -0.39 is 0 Å². The van der Waals surface area contributed by atoms with E-state index in [9.17, 15) is 9.90 Å². The van der Waals surface area contributed by atoms with Crippen LogP contribution in [-0.2, 0) is 23.2 Å².